The molecule has 7 heteroatoms. The summed E-state index contributed by atoms with van der Waals surface area (Å²) in [6.45, 7) is 0. The number of nitrogens with zero attached hydrogens (tertiary/aromatic N) is 2. The van der Waals surface area contributed by atoms with Gasteiger partial charge in [-0.15, -0.1) is 12.6 Å². The molecule has 0 aliphatic heterocycles. The first-order valence-electron chi connectivity index (χ1n) is 5.34. The second-order valence-corrected chi connectivity index (χ2v) is 4.16. The molecular weight excluding hydrogens is 287 g/mol. The molecule has 0 aliphatic rings. The fourth-order valence-corrected chi connectivity index (χ4v) is 1.94. The van der Waals surface area contributed by atoms with Crippen molar-refractivity contribution in [3.63, 3.8) is 0 Å². The molecule has 1 heterocycles. The summed E-state index contributed by atoms with van der Waals surface area (Å²) < 4.78 is 5.28. The molecule has 96 valence electrons. The molecule has 2 rings (SSSR count). The predicted molar refractivity (Wildman–Crippen MR) is 81.1 cm³/mol. The van der Waals surface area contributed by atoms with Crippen molar-refractivity contribution in [3.8, 4) is 5.75 Å². The summed E-state index contributed by atoms with van der Waals surface area (Å²) in [6.07, 6.45) is 0.524. The van der Waals surface area contributed by atoms with Gasteiger partial charge in [0, 0.05) is 12.0 Å². The first kappa shape index (κ1) is 16.7. The number of para-hydroxylation sites is 1. The van der Waals surface area contributed by atoms with Crippen LogP contribution in [0.1, 0.15) is 11.1 Å². The Morgan fingerprint density at radius 3 is 2.32 bits per heavy atom. The van der Waals surface area contributed by atoms with Crippen LogP contribution < -0.4 is 16.2 Å². The Labute approximate surface area is 160 Å². The maximum absolute atomic E-state index is 5.84. The van der Waals surface area contributed by atoms with E-state index in [-0.39, 0.29) is 56.5 Å². The Morgan fingerprint density at radius 2 is 1.74 bits per heavy atom. The normalized spacial score (nSPS) is 9.79. The molecule has 5 nitrogen and oxygen atoms in total. The number of benzene rings is 1. The van der Waals surface area contributed by atoms with Crippen LogP contribution in [0, 0.1) is 0 Å². The van der Waals surface area contributed by atoms with Gasteiger partial charge in [0.15, 0.2) is 5.16 Å². The molecule has 0 unspecified atom stereocenters. The number of ether oxygens (including phenoxy) is 1. The first-order valence-corrected chi connectivity index (χ1v) is 5.79. The second-order valence-electron chi connectivity index (χ2n) is 3.76. The van der Waals surface area contributed by atoms with Crippen LogP contribution in [0.4, 0.5) is 11.6 Å². The standard InChI is InChI=1S/C12H14N4OS.K.H/c1-17-9-5-3-2-4-7(9)6-8-10(13)15-12(18)16-11(8)14;;/h2-5H,6H2,1H3,(H5,13,14,15,16,18);;. The van der Waals surface area contributed by atoms with Gasteiger partial charge >= 0.3 is 51.4 Å². The summed E-state index contributed by atoms with van der Waals surface area (Å²) in [7, 11) is 1.62. The van der Waals surface area contributed by atoms with Gasteiger partial charge in [-0.3, -0.25) is 0 Å². The molecule has 0 amide bonds. The zero-order valence-electron chi connectivity index (χ0n) is 9.92. The third-order valence-electron chi connectivity index (χ3n) is 2.62. The number of nitrogens with two attached hydrogens (primary N) is 2. The average molecular weight is 302 g/mol. The van der Waals surface area contributed by atoms with E-state index in [4.69, 9.17) is 16.2 Å². The molecule has 0 radical (unpaired) electrons. The van der Waals surface area contributed by atoms with Crippen LogP contribution in [0.15, 0.2) is 29.4 Å². The number of nitrogen functional groups attached to an aromatic ring is 2. The van der Waals surface area contributed by atoms with Gasteiger partial charge in [-0.1, -0.05) is 18.2 Å². The minimum atomic E-state index is 0. The van der Waals surface area contributed by atoms with Crippen LogP contribution in [-0.4, -0.2) is 68.5 Å². The van der Waals surface area contributed by atoms with Crippen LogP contribution >= 0.6 is 12.6 Å². The molecule has 1 aromatic carbocycles. The number of aromatic nitrogens is 2. The van der Waals surface area contributed by atoms with Gasteiger partial charge < -0.3 is 16.2 Å². The van der Waals surface area contributed by atoms with E-state index in [2.05, 4.69) is 22.6 Å². The molecule has 19 heavy (non-hydrogen) atoms. The maximum atomic E-state index is 5.84. The van der Waals surface area contributed by atoms with Crippen molar-refractivity contribution in [2.45, 2.75) is 11.6 Å². The van der Waals surface area contributed by atoms with Crippen LogP contribution in [0.25, 0.3) is 0 Å². The Hall–Kier alpha value is -0.314. The summed E-state index contributed by atoms with van der Waals surface area (Å²) in [5, 5.41) is 0.272. The first-order chi connectivity index (χ1) is 8.61. The van der Waals surface area contributed by atoms with Crippen molar-refractivity contribution in [2.24, 2.45) is 0 Å². The van der Waals surface area contributed by atoms with E-state index in [1.807, 2.05) is 24.3 Å². The van der Waals surface area contributed by atoms with Gasteiger partial charge in [0.2, 0.25) is 0 Å². The zero-order valence-corrected chi connectivity index (χ0v) is 10.8. The van der Waals surface area contributed by atoms with E-state index in [1.165, 1.54) is 0 Å². The van der Waals surface area contributed by atoms with E-state index < -0.39 is 0 Å². The number of methoxy groups -OCH3 is 1. The summed E-state index contributed by atoms with van der Waals surface area (Å²) in [5.74, 6) is 1.48. The van der Waals surface area contributed by atoms with Crippen molar-refractivity contribution in [1.82, 2.24) is 9.97 Å². The SMILES string of the molecule is COc1ccccc1Cc1c(N)nc(S)nc1N.[KH]. The van der Waals surface area contributed by atoms with E-state index >= 15 is 0 Å². The van der Waals surface area contributed by atoms with E-state index in [9.17, 15) is 0 Å². The molecule has 1 aromatic heterocycles. The minimum absolute atomic E-state index is 0. The van der Waals surface area contributed by atoms with Gasteiger partial charge in [-0.05, 0) is 11.6 Å². The Kier molecular flexibility index (Phi) is 6.58. The van der Waals surface area contributed by atoms with Gasteiger partial charge in [-0.2, -0.15) is 0 Å². The third kappa shape index (κ3) is 4.07. The number of rotatable bonds is 3. The molecule has 0 bridgehead atoms. The summed E-state index contributed by atoms with van der Waals surface area (Å²) >= 11 is 4.03. The zero-order chi connectivity index (χ0) is 13.1. The summed E-state index contributed by atoms with van der Waals surface area (Å²) in [6, 6.07) is 7.67. The Bertz CT molecular complexity index is 556. The van der Waals surface area contributed by atoms with Crippen molar-refractivity contribution in [2.75, 3.05) is 18.6 Å². The quantitative estimate of drug-likeness (QED) is 0.445. The van der Waals surface area contributed by atoms with Crippen molar-refractivity contribution in [1.29, 1.82) is 0 Å². The fraction of sp³-hybridized carbons (Fsp3) is 0.167. The van der Waals surface area contributed by atoms with E-state index in [0.717, 1.165) is 11.3 Å². The van der Waals surface area contributed by atoms with Gasteiger partial charge in [0.25, 0.3) is 0 Å². The number of anilines is 2. The van der Waals surface area contributed by atoms with E-state index in [0.29, 0.717) is 23.6 Å². The van der Waals surface area contributed by atoms with E-state index in [1.54, 1.807) is 7.11 Å². The molecule has 2 aromatic rings. The van der Waals surface area contributed by atoms with Crippen LogP contribution in [-0.2, 0) is 6.42 Å². The Morgan fingerprint density at radius 1 is 1.16 bits per heavy atom. The third-order valence-corrected chi connectivity index (χ3v) is 2.82. The molecule has 4 N–H and O–H groups in total. The molecule has 0 saturated carbocycles. The number of thiol groups is 1. The fourth-order valence-electron chi connectivity index (χ4n) is 1.73. The van der Waals surface area contributed by atoms with Crippen molar-refractivity contribution in [3.05, 3.63) is 35.4 Å². The molecule has 0 atom stereocenters. The molecule has 0 aliphatic carbocycles. The second kappa shape index (κ2) is 7.46. The molecule has 0 spiro atoms. The van der Waals surface area contributed by atoms with Gasteiger partial charge in [-0.25, -0.2) is 9.97 Å². The van der Waals surface area contributed by atoms with Crippen LogP contribution in [0.3, 0.4) is 0 Å². The van der Waals surface area contributed by atoms with Crippen molar-refractivity contribution >= 4 is 75.6 Å². The van der Waals surface area contributed by atoms with Gasteiger partial charge in [0.05, 0.1) is 7.11 Å². The topological polar surface area (TPSA) is 87.0 Å². The molecular formula is C12H15KN4OS. The average Bonchev–Trinajstić information content (AvgIpc) is 2.34. The van der Waals surface area contributed by atoms with Crippen molar-refractivity contribution < 1.29 is 4.74 Å². The van der Waals surface area contributed by atoms with Crippen LogP contribution in [0.5, 0.6) is 5.75 Å². The Balaban J connectivity index is 0.00000180. The van der Waals surface area contributed by atoms with Gasteiger partial charge in [0.1, 0.15) is 17.4 Å². The number of hydrogen-bond donors (Lipinski definition) is 3. The molecule has 0 saturated heterocycles. The van der Waals surface area contributed by atoms with Crippen LogP contribution in [0.2, 0.25) is 0 Å². The predicted octanol–water partition coefficient (Wildman–Crippen LogP) is 0.881. The summed E-state index contributed by atoms with van der Waals surface area (Å²) in [5.41, 5.74) is 13.4. The monoisotopic (exact) mass is 302 g/mol. The number of hydrogen-bond acceptors (Lipinski definition) is 6. The molecule has 0 fully saturated rings. The summed E-state index contributed by atoms with van der Waals surface area (Å²) in [4.78, 5) is 7.99.